The van der Waals surface area contributed by atoms with E-state index >= 15 is 0 Å². The molecule has 0 unspecified atom stereocenters. The summed E-state index contributed by atoms with van der Waals surface area (Å²) in [5.41, 5.74) is 4.12. The van der Waals surface area contributed by atoms with Crippen LogP contribution in [0.3, 0.4) is 0 Å². The van der Waals surface area contributed by atoms with Gasteiger partial charge in [0.15, 0.2) is 6.29 Å². The van der Waals surface area contributed by atoms with Gasteiger partial charge in [0.2, 0.25) is 0 Å². The quantitative estimate of drug-likeness (QED) is 0.213. The van der Waals surface area contributed by atoms with Gasteiger partial charge in [0.05, 0.1) is 16.9 Å². The van der Waals surface area contributed by atoms with E-state index in [9.17, 15) is 9.18 Å². The van der Waals surface area contributed by atoms with Crippen LogP contribution >= 0.6 is 11.8 Å². The second-order valence-corrected chi connectivity index (χ2v) is 8.27. The van der Waals surface area contributed by atoms with Gasteiger partial charge in [-0.2, -0.15) is 0 Å². The largest absolute Gasteiger partial charge is 0.385 e. The van der Waals surface area contributed by atoms with Crippen molar-refractivity contribution in [1.82, 2.24) is 9.55 Å². The minimum atomic E-state index is -0.362. The number of pyridine rings is 1. The lowest BCUT2D eigenvalue weighted by Crippen LogP contribution is -2.05. The van der Waals surface area contributed by atoms with E-state index in [1.54, 1.807) is 37.3 Å². The maximum Gasteiger partial charge on any atom is 0.168 e. The topological polar surface area (TPSA) is 56.1 Å². The molecule has 4 aromatic rings. The lowest BCUT2D eigenvalue weighted by Gasteiger charge is -2.10. The minimum Gasteiger partial charge on any atom is -0.385 e. The minimum absolute atomic E-state index is 0.325. The number of aldehydes is 1. The van der Waals surface area contributed by atoms with Crippen LogP contribution in [0.4, 0.5) is 15.8 Å². The van der Waals surface area contributed by atoms with Crippen LogP contribution in [0.15, 0.2) is 65.8 Å². The van der Waals surface area contributed by atoms with Gasteiger partial charge in [-0.05, 0) is 61.6 Å². The highest BCUT2D eigenvalue weighted by atomic mass is 32.2. The molecule has 1 N–H and O–H groups in total. The molecule has 0 aliphatic heterocycles. The van der Waals surface area contributed by atoms with E-state index in [0.717, 1.165) is 34.9 Å². The first-order valence-corrected chi connectivity index (χ1v) is 12.8. The van der Waals surface area contributed by atoms with E-state index < -0.39 is 0 Å². The average Bonchev–Trinajstić information content (AvgIpc) is 3.19. The number of hydrogen-bond acceptors (Lipinski definition) is 5. The Labute approximate surface area is 211 Å². The number of hydrogen-bond donors (Lipinski definition) is 1. The van der Waals surface area contributed by atoms with Gasteiger partial charge in [0.1, 0.15) is 11.5 Å². The van der Waals surface area contributed by atoms with Crippen molar-refractivity contribution < 1.29 is 13.9 Å². The van der Waals surface area contributed by atoms with Crippen molar-refractivity contribution in [3.8, 4) is 0 Å². The number of benzene rings is 2. The van der Waals surface area contributed by atoms with Crippen LogP contribution in [0.5, 0.6) is 0 Å². The van der Waals surface area contributed by atoms with E-state index in [4.69, 9.17) is 0 Å². The Kier molecular flexibility index (Phi) is 11.5. The standard InChI is InChI=1S/C23H20FN3OS.C3H8O.C2H6/c1-15-3-8-20(19(24)11-15)26-23-18-12-25-10-9-21(18)27(22(23)14-28)13-16-4-6-17(29-2)7-5-16;1-3-4-2;1-2/h3-12,14,26H,13H2,1-2H3;3H2,1-2H3;1-2H3. The number of fused-ring (bicyclic) bond motifs is 1. The third kappa shape index (κ3) is 7.16. The van der Waals surface area contributed by atoms with Crippen molar-refractivity contribution in [2.24, 2.45) is 0 Å². The number of thioether (sulfide) groups is 1. The predicted molar refractivity (Wildman–Crippen MR) is 146 cm³/mol. The molecule has 5 nitrogen and oxygen atoms in total. The van der Waals surface area contributed by atoms with Crippen LogP contribution in [0.25, 0.3) is 10.9 Å². The number of aryl methyl sites for hydroxylation is 1. The van der Waals surface area contributed by atoms with Crippen molar-refractivity contribution >= 4 is 40.3 Å². The zero-order valence-corrected chi connectivity index (χ0v) is 22.1. The van der Waals surface area contributed by atoms with Gasteiger partial charge in [-0.1, -0.05) is 32.0 Å². The molecule has 186 valence electrons. The Balaban J connectivity index is 0.000000655. The van der Waals surface area contributed by atoms with Crippen LogP contribution in [-0.4, -0.2) is 35.8 Å². The Morgan fingerprint density at radius 2 is 1.83 bits per heavy atom. The van der Waals surface area contributed by atoms with E-state index in [0.29, 0.717) is 23.6 Å². The van der Waals surface area contributed by atoms with E-state index in [2.05, 4.69) is 39.3 Å². The molecule has 0 aliphatic carbocycles. The summed E-state index contributed by atoms with van der Waals surface area (Å²) >= 11 is 1.68. The van der Waals surface area contributed by atoms with Crippen LogP contribution in [0, 0.1) is 12.7 Å². The monoisotopic (exact) mass is 495 g/mol. The summed E-state index contributed by atoms with van der Waals surface area (Å²) in [5, 5.41) is 3.89. The molecule has 0 saturated carbocycles. The van der Waals surface area contributed by atoms with Gasteiger partial charge in [-0.15, -0.1) is 11.8 Å². The normalized spacial score (nSPS) is 10.1. The van der Waals surface area contributed by atoms with Gasteiger partial charge in [-0.3, -0.25) is 9.78 Å². The second-order valence-electron chi connectivity index (χ2n) is 7.39. The maximum absolute atomic E-state index is 14.4. The van der Waals surface area contributed by atoms with Crippen molar-refractivity contribution in [1.29, 1.82) is 0 Å². The summed E-state index contributed by atoms with van der Waals surface area (Å²) < 4.78 is 20.9. The molecule has 4 rings (SSSR count). The molecule has 0 atom stereocenters. The molecule has 0 aliphatic rings. The van der Waals surface area contributed by atoms with Crippen LogP contribution < -0.4 is 5.32 Å². The lowest BCUT2D eigenvalue weighted by atomic mass is 10.2. The fraction of sp³-hybridized carbons (Fsp3) is 0.286. The van der Waals surface area contributed by atoms with E-state index in [1.807, 2.05) is 50.7 Å². The molecular weight excluding hydrogens is 461 g/mol. The first kappa shape index (κ1) is 28.1. The Morgan fingerprint density at radius 3 is 2.40 bits per heavy atom. The highest BCUT2D eigenvalue weighted by Gasteiger charge is 2.18. The number of aromatic nitrogens is 2. The Hall–Kier alpha value is -3.16. The van der Waals surface area contributed by atoms with Crippen molar-refractivity contribution in [2.45, 2.75) is 39.1 Å². The summed E-state index contributed by atoms with van der Waals surface area (Å²) in [6, 6.07) is 15.1. The van der Waals surface area contributed by atoms with Gasteiger partial charge in [-0.25, -0.2) is 4.39 Å². The summed E-state index contributed by atoms with van der Waals surface area (Å²) in [5.74, 6) is -0.362. The average molecular weight is 496 g/mol. The zero-order chi connectivity index (χ0) is 25.8. The fourth-order valence-electron chi connectivity index (χ4n) is 3.41. The van der Waals surface area contributed by atoms with Crippen molar-refractivity contribution in [3.05, 3.63) is 83.6 Å². The smallest absolute Gasteiger partial charge is 0.168 e. The summed E-state index contributed by atoms with van der Waals surface area (Å²) in [6.07, 6.45) is 6.24. The van der Waals surface area contributed by atoms with Crippen molar-refractivity contribution in [3.63, 3.8) is 0 Å². The zero-order valence-electron chi connectivity index (χ0n) is 21.3. The Bertz CT molecular complexity index is 1220. The molecule has 0 amide bonds. The summed E-state index contributed by atoms with van der Waals surface area (Å²) in [7, 11) is 1.68. The first-order chi connectivity index (χ1) is 17.0. The molecule has 0 bridgehead atoms. The number of nitrogens with one attached hydrogen (secondary N) is 1. The number of rotatable bonds is 7. The molecule has 0 fully saturated rings. The highest BCUT2D eigenvalue weighted by Crippen LogP contribution is 2.33. The molecule has 0 radical (unpaired) electrons. The third-order valence-electron chi connectivity index (χ3n) is 5.19. The molecular formula is C28H34FN3O2S. The lowest BCUT2D eigenvalue weighted by molar-refractivity contribution is 0.111. The fourth-order valence-corrected chi connectivity index (χ4v) is 3.82. The molecule has 0 saturated heterocycles. The van der Waals surface area contributed by atoms with Gasteiger partial charge in [0, 0.05) is 42.9 Å². The maximum atomic E-state index is 14.4. The highest BCUT2D eigenvalue weighted by molar-refractivity contribution is 7.98. The molecule has 0 spiro atoms. The van der Waals surface area contributed by atoms with Crippen LogP contribution in [-0.2, 0) is 11.3 Å². The Morgan fingerprint density at radius 1 is 1.14 bits per heavy atom. The number of methoxy groups -OCH3 is 1. The first-order valence-electron chi connectivity index (χ1n) is 11.6. The second kappa shape index (κ2) is 14.3. The van der Waals surface area contributed by atoms with Gasteiger partial charge < -0.3 is 14.6 Å². The predicted octanol–water partition coefficient (Wildman–Crippen LogP) is 7.49. The van der Waals surface area contributed by atoms with Crippen LogP contribution in [0.2, 0.25) is 0 Å². The molecule has 7 heteroatoms. The molecule has 35 heavy (non-hydrogen) atoms. The molecule has 2 aromatic heterocycles. The van der Waals surface area contributed by atoms with Crippen molar-refractivity contribution in [2.75, 3.05) is 25.3 Å². The van der Waals surface area contributed by atoms with E-state index in [1.165, 1.54) is 11.0 Å². The number of nitrogens with zero attached hydrogens (tertiary/aromatic N) is 2. The number of halogens is 1. The SMILES string of the molecule is CC.CCOC.CSc1ccc(Cn2c(C=O)c(Nc3ccc(C)cc3F)c3cnccc32)cc1. The summed E-state index contributed by atoms with van der Waals surface area (Å²) in [4.78, 5) is 17.4. The number of anilines is 2. The number of carbonyl (C=O) groups is 1. The molecule has 2 heterocycles. The molecule has 2 aromatic carbocycles. The number of carbonyl (C=O) groups excluding carboxylic acids is 1. The van der Waals surface area contributed by atoms with Crippen LogP contribution in [0.1, 0.15) is 42.4 Å². The van der Waals surface area contributed by atoms with Gasteiger partial charge >= 0.3 is 0 Å². The van der Waals surface area contributed by atoms with E-state index in [-0.39, 0.29) is 5.82 Å². The summed E-state index contributed by atoms with van der Waals surface area (Å²) in [6.45, 7) is 9.14. The number of ether oxygens (including phenoxy) is 1. The van der Waals surface area contributed by atoms with Gasteiger partial charge in [0.25, 0.3) is 0 Å². The third-order valence-corrected chi connectivity index (χ3v) is 5.93.